The Labute approximate surface area is 252 Å². The smallest absolute Gasteiger partial charge is 0.235 e. The molecule has 0 unspecified atom stereocenters. The van der Waals surface area contributed by atoms with E-state index >= 15 is 0 Å². The number of hydrogen-bond acceptors (Lipinski definition) is 2. The van der Waals surface area contributed by atoms with Crippen molar-refractivity contribution >= 4 is 70.8 Å². The molecule has 44 heavy (non-hydrogen) atoms. The lowest BCUT2D eigenvalue weighted by atomic mass is 10.0. The summed E-state index contributed by atoms with van der Waals surface area (Å²) in [4.78, 5) is 10.7. The summed E-state index contributed by atoms with van der Waals surface area (Å²) in [5.41, 5.74) is 8.53. The SMILES string of the molecule is c1ccc(-c2nc(-n3c4cccc5ccc6c7ccccc7n(c7cc8ccccc8cc73)c6c54)nc3ccccc23)cc1. The van der Waals surface area contributed by atoms with Gasteiger partial charge in [-0.05, 0) is 46.5 Å². The maximum absolute atomic E-state index is 5.38. The third-order valence-corrected chi connectivity index (χ3v) is 9.06. The molecule has 0 aliphatic rings. The quantitative estimate of drug-likeness (QED) is 0.211. The van der Waals surface area contributed by atoms with Crippen LogP contribution in [0.1, 0.15) is 0 Å². The zero-order valence-electron chi connectivity index (χ0n) is 23.6. The number of fused-ring (bicyclic) bond motifs is 7. The second-order valence-electron chi connectivity index (χ2n) is 11.5. The molecule has 0 aliphatic carbocycles. The monoisotopic (exact) mass is 560 g/mol. The highest BCUT2D eigenvalue weighted by Crippen LogP contribution is 2.40. The Bertz CT molecular complexity index is 2770. The van der Waals surface area contributed by atoms with E-state index in [0.29, 0.717) is 5.95 Å². The fourth-order valence-electron chi connectivity index (χ4n) is 7.14. The van der Waals surface area contributed by atoms with Crippen LogP contribution in [-0.2, 0) is 0 Å². The number of para-hydroxylation sites is 2. The van der Waals surface area contributed by atoms with E-state index in [0.717, 1.165) is 38.7 Å². The molecular formula is C40H24N4. The van der Waals surface area contributed by atoms with Crippen LogP contribution in [0, 0.1) is 0 Å². The third-order valence-electron chi connectivity index (χ3n) is 9.06. The lowest BCUT2D eigenvalue weighted by Crippen LogP contribution is -2.05. The molecule has 0 fully saturated rings. The first-order valence-corrected chi connectivity index (χ1v) is 14.9. The molecule has 0 atom stereocenters. The minimum Gasteiger partial charge on any atom is -0.306 e. The van der Waals surface area contributed by atoms with Gasteiger partial charge >= 0.3 is 0 Å². The van der Waals surface area contributed by atoms with Gasteiger partial charge in [0, 0.05) is 27.1 Å². The molecule has 4 heteroatoms. The van der Waals surface area contributed by atoms with Crippen LogP contribution >= 0.6 is 0 Å². The summed E-state index contributed by atoms with van der Waals surface area (Å²) in [6.45, 7) is 0. The van der Waals surface area contributed by atoms with E-state index < -0.39 is 0 Å². The molecule has 0 spiro atoms. The van der Waals surface area contributed by atoms with E-state index in [4.69, 9.17) is 9.97 Å². The molecule has 204 valence electrons. The number of benzene rings is 7. The van der Waals surface area contributed by atoms with Crippen LogP contribution < -0.4 is 0 Å². The van der Waals surface area contributed by atoms with Crippen LogP contribution in [0.25, 0.3) is 88.0 Å². The average molecular weight is 561 g/mol. The topological polar surface area (TPSA) is 35.1 Å². The Morgan fingerprint density at radius 2 is 1.11 bits per heavy atom. The molecular weight excluding hydrogens is 536 g/mol. The lowest BCUT2D eigenvalue weighted by molar-refractivity contribution is 1.01. The summed E-state index contributed by atoms with van der Waals surface area (Å²) in [5.74, 6) is 0.652. The Morgan fingerprint density at radius 3 is 1.98 bits per heavy atom. The molecule has 0 amide bonds. The maximum atomic E-state index is 5.38. The van der Waals surface area contributed by atoms with Gasteiger partial charge in [0.15, 0.2) is 0 Å². The van der Waals surface area contributed by atoms with Gasteiger partial charge in [0.2, 0.25) is 5.95 Å². The summed E-state index contributed by atoms with van der Waals surface area (Å²) >= 11 is 0. The molecule has 3 heterocycles. The van der Waals surface area contributed by atoms with E-state index in [-0.39, 0.29) is 0 Å². The maximum Gasteiger partial charge on any atom is 0.235 e. The molecule has 10 rings (SSSR count). The highest BCUT2D eigenvalue weighted by atomic mass is 15.2. The first-order chi connectivity index (χ1) is 21.8. The number of aromatic nitrogens is 4. The van der Waals surface area contributed by atoms with Crippen LogP contribution in [0.2, 0.25) is 0 Å². The van der Waals surface area contributed by atoms with Gasteiger partial charge in [-0.2, -0.15) is 0 Å². The molecule has 0 saturated heterocycles. The predicted octanol–water partition coefficient (Wildman–Crippen LogP) is 10.1. The Kier molecular flexibility index (Phi) is 4.69. The summed E-state index contributed by atoms with van der Waals surface area (Å²) in [5, 5.41) is 8.27. The first kappa shape index (κ1) is 23.6. The van der Waals surface area contributed by atoms with Crippen molar-refractivity contribution in [1.82, 2.24) is 18.9 Å². The van der Waals surface area contributed by atoms with E-state index in [9.17, 15) is 0 Å². The van der Waals surface area contributed by atoms with Crippen LogP contribution in [0.4, 0.5) is 0 Å². The summed E-state index contributed by atoms with van der Waals surface area (Å²) in [6, 6.07) is 51.8. The number of nitrogens with zero attached hydrogens (tertiary/aromatic N) is 4. The minimum atomic E-state index is 0.652. The molecule has 0 N–H and O–H groups in total. The van der Waals surface area contributed by atoms with Crippen LogP contribution in [0.15, 0.2) is 146 Å². The normalized spacial score (nSPS) is 12.1. The van der Waals surface area contributed by atoms with Gasteiger partial charge < -0.3 is 4.40 Å². The molecule has 0 saturated carbocycles. The van der Waals surface area contributed by atoms with Crippen molar-refractivity contribution in [3.05, 3.63) is 146 Å². The molecule has 10 aromatic rings. The van der Waals surface area contributed by atoms with Gasteiger partial charge in [-0.3, -0.25) is 4.57 Å². The molecule has 7 aromatic carbocycles. The minimum absolute atomic E-state index is 0.652. The van der Waals surface area contributed by atoms with Crippen molar-refractivity contribution < 1.29 is 0 Å². The second-order valence-corrected chi connectivity index (χ2v) is 11.5. The molecule has 0 radical (unpaired) electrons. The van der Waals surface area contributed by atoms with E-state index in [1.54, 1.807) is 0 Å². The van der Waals surface area contributed by atoms with Gasteiger partial charge in [0.05, 0.1) is 38.8 Å². The van der Waals surface area contributed by atoms with Crippen molar-refractivity contribution in [2.45, 2.75) is 0 Å². The molecule has 3 aromatic heterocycles. The van der Waals surface area contributed by atoms with Gasteiger partial charge in [0.1, 0.15) is 0 Å². The highest BCUT2D eigenvalue weighted by molar-refractivity contribution is 6.23. The number of hydrogen-bond donors (Lipinski definition) is 0. The summed E-state index contributed by atoms with van der Waals surface area (Å²) in [7, 11) is 0. The molecule has 0 bridgehead atoms. The third kappa shape index (κ3) is 3.17. The van der Waals surface area contributed by atoms with Crippen molar-refractivity contribution in [3.63, 3.8) is 0 Å². The van der Waals surface area contributed by atoms with Crippen molar-refractivity contribution in [1.29, 1.82) is 0 Å². The average Bonchev–Trinajstić information content (AvgIpc) is 3.36. The Morgan fingerprint density at radius 1 is 0.432 bits per heavy atom. The van der Waals surface area contributed by atoms with Crippen LogP contribution in [0.5, 0.6) is 0 Å². The zero-order chi connectivity index (χ0) is 28.8. The van der Waals surface area contributed by atoms with Gasteiger partial charge in [-0.1, -0.05) is 115 Å². The fraction of sp³-hybridized carbons (Fsp3) is 0. The summed E-state index contributed by atoms with van der Waals surface area (Å²) < 4.78 is 4.74. The van der Waals surface area contributed by atoms with E-state index in [2.05, 4.69) is 148 Å². The largest absolute Gasteiger partial charge is 0.306 e. The van der Waals surface area contributed by atoms with E-state index in [1.807, 2.05) is 6.07 Å². The lowest BCUT2D eigenvalue weighted by Gasteiger charge is -2.14. The predicted molar refractivity (Wildman–Crippen MR) is 183 cm³/mol. The van der Waals surface area contributed by atoms with Crippen molar-refractivity contribution in [3.8, 4) is 17.2 Å². The zero-order valence-corrected chi connectivity index (χ0v) is 23.6. The first-order valence-electron chi connectivity index (χ1n) is 14.9. The molecule has 0 aliphatic heterocycles. The van der Waals surface area contributed by atoms with Gasteiger partial charge in [0.25, 0.3) is 0 Å². The highest BCUT2D eigenvalue weighted by Gasteiger charge is 2.21. The van der Waals surface area contributed by atoms with Gasteiger partial charge in [-0.25, -0.2) is 9.97 Å². The Hall–Kier alpha value is -6.00. The van der Waals surface area contributed by atoms with Crippen molar-refractivity contribution in [2.75, 3.05) is 0 Å². The van der Waals surface area contributed by atoms with Crippen molar-refractivity contribution in [2.24, 2.45) is 0 Å². The van der Waals surface area contributed by atoms with Crippen LogP contribution in [-0.4, -0.2) is 18.9 Å². The van der Waals surface area contributed by atoms with E-state index in [1.165, 1.54) is 43.4 Å². The number of rotatable bonds is 2. The molecule has 4 nitrogen and oxygen atoms in total. The van der Waals surface area contributed by atoms with Gasteiger partial charge in [-0.15, -0.1) is 0 Å². The fourth-order valence-corrected chi connectivity index (χ4v) is 7.14. The Balaban J connectivity index is 1.51. The van der Waals surface area contributed by atoms with Crippen LogP contribution in [0.3, 0.4) is 0 Å². The standard InChI is InChI=1S/C40H24N4/c1-2-11-26(12-3-1)38-31-17-6-8-18-32(31)41-40(42-38)44-34-20-10-15-25-21-22-30-29-16-7-9-19-33(29)43(39(30)37(25)34)35-23-27-13-4-5-14-28(27)24-36(35)44/h1-24H. The second kappa shape index (κ2) is 8.76. The summed E-state index contributed by atoms with van der Waals surface area (Å²) in [6.07, 6.45) is 0.